The fourth-order valence-electron chi connectivity index (χ4n) is 3.79. The molecule has 0 radical (unpaired) electrons. The van der Waals surface area contributed by atoms with Gasteiger partial charge in [0.2, 0.25) is 0 Å². The Bertz CT molecular complexity index is 1170. The molecule has 0 bridgehead atoms. The van der Waals surface area contributed by atoms with E-state index in [1.165, 1.54) is 38.3 Å². The molecule has 174 valence electrons. The third-order valence-electron chi connectivity index (χ3n) is 5.39. The van der Waals surface area contributed by atoms with Crippen molar-refractivity contribution in [1.82, 2.24) is 0 Å². The molecule has 0 saturated carbocycles. The number of rotatable bonds is 2. The van der Waals surface area contributed by atoms with Gasteiger partial charge < -0.3 is 10.1 Å². The van der Waals surface area contributed by atoms with Crippen molar-refractivity contribution < 1.29 is 4.79 Å². The van der Waals surface area contributed by atoms with Crippen LogP contribution in [-0.2, 0) is 17.6 Å². The number of anilines is 1. The standard InChI is InChI=1S/C21H19NS.C7H8.C2H4.CH2O/c1-22-18-7-4-5-15(13-18)14-20-19-8-3-2-6-16(19)9-10-17-11-12-23-21(17)20;1-7-5-3-2-4-6-7;2*1-2/h2-8,11-14,22H,9-10H2,1H3;2-6H,1H3;1-2H2;1H2/b20-14+;;;. The second-order valence-corrected chi connectivity index (χ2v) is 8.44. The summed E-state index contributed by atoms with van der Waals surface area (Å²) in [4.78, 5) is 9.42. The molecular formula is C31H33NOS. The largest absolute Gasteiger partial charge is 0.388 e. The zero-order chi connectivity index (χ0) is 24.8. The van der Waals surface area contributed by atoms with Gasteiger partial charge in [-0.3, -0.25) is 0 Å². The van der Waals surface area contributed by atoms with Crippen LogP contribution in [0.4, 0.5) is 5.69 Å². The second-order valence-electron chi connectivity index (χ2n) is 7.52. The van der Waals surface area contributed by atoms with Crippen LogP contribution in [0.3, 0.4) is 0 Å². The molecule has 0 atom stereocenters. The van der Waals surface area contributed by atoms with Crippen molar-refractivity contribution in [3.63, 3.8) is 0 Å². The average molecular weight is 468 g/mol. The van der Waals surface area contributed by atoms with Crippen molar-refractivity contribution in [1.29, 1.82) is 0 Å². The van der Waals surface area contributed by atoms with E-state index in [1.807, 2.05) is 43.4 Å². The monoisotopic (exact) mass is 467 g/mol. The van der Waals surface area contributed by atoms with Crippen LogP contribution in [-0.4, -0.2) is 13.8 Å². The Balaban J connectivity index is 0.000000313. The van der Waals surface area contributed by atoms with Crippen molar-refractivity contribution in [2.45, 2.75) is 19.8 Å². The van der Waals surface area contributed by atoms with E-state index in [-0.39, 0.29) is 0 Å². The fraction of sp³-hybridized carbons (Fsp3) is 0.129. The van der Waals surface area contributed by atoms with Crippen molar-refractivity contribution >= 4 is 35.5 Å². The summed E-state index contributed by atoms with van der Waals surface area (Å²) in [6.45, 7) is 10.1. The summed E-state index contributed by atoms with van der Waals surface area (Å²) >= 11 is 1.86. The molecule has 0 amide bonds. The third-order valence-corrected chi connectivity index (χ3v) is 6.38. The Hall–Kier alpha value is -3.69. The Labute approximate surface area is 208 Å². The summed E-state index contributed by atoms with van der Waals surface area (Å²) in [5.41, 5.74) is 9.37. The molecule has 3 aromatic carbocycles. The zero-order valence-corrected chi connectivity index (χ0v) is 20.9. The first-order chi connectivity index (χ1) is 16.7. The summed E-state index contributed by atoms with van der Waals surface area (Å²) in [7, 11) is 1.96. The molecule has 2 nitrogen and oxygen atoms in total. The van der Waals surface area contributed by atoms with Gasteiger partial charge in [0.05, 0.1) is 0 Å². The van der Waals surface area contributed by atoms with Crippen LogP contribution in [0.25, 0.3) is 11.6 Å². The SMILES string of the molecule is C=C.C=O.CNc1cccc(/C=C2\c3ccccc3CCc3ccsc32)c1.Cc1ccccc1. The van der Waals surface area contributed by atoms with Gasteiger partial charge in [0.15, 0.2) is 0 Å². The molecule has 0 saturated heterocycles. The molecule has 4 aromatic rings. The maximum absolute atomic E-state index is 8.00. The number of nitrogens with one attached hydrogen (secondary N) is 1. The van der Waals surface area contributed by atoms with Gasteiger partial charge in [0.25, 0.3) is 0 Å². The van der Waals surface area contributed by atoms with Crippen LogP contribution >= 0.6 is 11.3 Å². The van der Waals surface area contributed by atoms with Crippen molar-refractivity contribution in [3.8, 4) is 0 Å². The number of hydrogen-bond acceptors (Lipinski definition) is 3. The molecule has 1 aliphatic carbocycles. The maximum atomic E-state index is 8.00. The second kappa shape index (κ2) is 14.5. The lowest BCUT2D eigenvalue weighted by atomic mass is 9.97. The van der Waals surface area contributed by atoms with Crippen molar-refractivity contribution in [3.05, 3.63) is 136 Å². The highest BCUT2D eigenvalue weighted by molar-refractivity contribution is 7.11. The lowest BCUT2D eigenvalue weighted by Crippen LogP contribution is -1.91. The first-order valence-electron chi connectivity index (χ1n) is 11.2. The molecule has 0 aliphatic heterocycles. The van der Waals surface area contributed by atoms with E-state index in [0.29, 0.717) is 0 Å². The topological polar surface area (TPSA) is 29.1 Å². The molecule has 1 heterocycles. The van der Waals surface area contributed by atoms with Crippen LogP contribution in [0.2, 0.25) is 0 Å². The van der Waals surface area contributed by atoms with Crippen LogP contribution in [0, 0.1) is 6.92 Å². The highest BCUT2D eigenvalue weighted by Gasteiger charge is 2.18. The molecule has 1 aliphatic rings. The minimum Gasteiger partial charge on any atom is -0.388 e. The Morgan fingerprint density at radius 3 is 2.18 bits per heavy atom. The summed E-state index contributed by atoms with van der Waals surface area (Å²) < 4.78 is 0. The number of hydrogen-bond donors (Lipinski definition) is 1. The van der Waals surface area contributed by atoms with Gasteiger partial charge in [-0.25, -0.2) is 0 Å². The van der Waals surface area contributed by atoms with Crippen LogP contribution < -0.4 is 5.32 Å². The molecule has 0 fully saturated rings. The lowest BCUT2D eigenvalue weighted by molar-refractivity contribution is -0.0979. The van der Waals surface area contributed by atoms with E-state index >= 15 is 0 Å². The summed E-state index contributed by atoms with van der Waals surface area (Å²) in [6.07, 6.45) is 4.58. The highest BCUT2D eigenvalue weighted by Crippen LogP contribution is 2.38. The van der Waals surface area contributed by atoms with Gasteiger partial charge in [-0.1, -0.05) is 72.3 Å². The van der Waals surface area contributed by atoms with E-state index in [1.54, 1.807) is 0 Å². The Kier molecular flexibility index (Phi) is 11.3. The van der Waals surface area contributed by atoms with E-state index in [9.17, 15) is 0 Å². The summed E-state index contributed by atoms with van der Waals surface area (Å²) in [5.74, 6) is 0. The van der Waals surface area contributed by atoms with Gasteiger partial charge in [-0.2, -0.15) is 0 Å². The average Bonchev–Trinajstić information content (AvgIpc) is 3.33. The van der Waals surface area contributed by atoms with Gasteiger partial charge in [-0.15, -0.1) is 24.5 Å². The normalized spacial score (nSPS) is 12.1. The summed E-state index contributed by atoms with van der Waals surface area (Å²) in [6, 6.07) is 30.0. The predicted octanol–water partition coefficient (Wildman–Crippen LogP) is 8.09. The van der Waals surface area contributed by atoms with E-state index in [2.05, 4.69) is 104 Å². The number of carbonyl (C=O) groups excluding carboxylic acids is 1. The van der Waals surface area contributed by atoms with Crippen molar-refractivity contribution in [2.24, 2.45) is 0 Å². The first-order valence-corrected chi connectivity index (χ1v) is 12.1. The zero-order valence-electron chi connectivity index (χ0n) is 20.1. The van der Waals surface area contributed by atoms with Gasteiger partial charge in [-0.05, 0) is 71.7 Å². The minimum absolute atomic E-state index is 1.12. The van der Waals surface area contributed by atoms with Crippen LogP contribution in [0.1, 0.15) is 32.7 Å². The molecule has 0 unspecified atom stereocenters. The predicted molar refractivity (Wildman–Crippen MR) is 151 cm³/mol. The smallest absolute Gasteiger partial charge is 0.106 e. The number of carbonyl (C=O) groups is 1. The third kappa shape index (κ3) is 7.16. The number of fused-ring (bicyclic) bond motifs is 2. The number of aryl methyl sites for hydroxylation is 3. The number of benzene rings is 3. The first kappa shape index (κ1) is 26.6. The van der Waals surface area contributed by atoms with E-state index in [4.69, 9.17) is 4.79 Å². The lowest BCUT2D eigenvalue weighted by Gasteiger charge is -2.10. The molecule has 1 aromatic heterocycles. The van der Waals surface area contributed by atoms with Gasteiger partial charge in [0.1, 0.15) is 6.79 Å². The molecular weight excluding hydrogens is 434 g/mol. The van der Waals surface area contributed by atoms with E-state index < -0.39 is 0 Å². The Morgan fingerprint density at radius 1 is 0.824 bits per heavy atom. The molecule has 1 N–H and O–H groups in total. The number of thiophene rings is 1. The van der Waals surface area contributed by atoms with Gasteiger partial charge in [0, 0.05) is 23.2 Å². The Morgan fingerprint density at radius 2 is 1.50 bits per heavy atom. The maximum Gasteiger partial charge on any atom is 0.106 e. The molecule has 0 spiro atoms. The molecule has 5 rings (SSSR count). The van der Waals surface area contributed by atoms with Crippen molar-refractivity contribution in [2.75, 3.05) is 12.4 Å². The van der Waals surface area contributed by atoms with Crippen LogP contribution in [0.5, 0.6) is 0 Å². The molecule has 34 heavy (non-hydrogen) atoms. The minimum atomic E-state index is 1.12. The van der Waals surface area contributed by atoms with E-state index in [0.717, 1.165) is 18.5 Å². The fourth-order valence-corrected chi connectivity index (χ4v) is 4.78. The summed E-state index contributed by atoms with van der Waals surface area (Å²) in [5, 5.41) is 5.44. The highest BCUT2D eigenvalue weighted by atomic mass is 32.1. The van der Waals surface area contributed by atoms with Crippen LogP contribution in [0.15, 0.2) is 103 Å². The van der Waals surface area contributed by atoms with Gasteiger partial charge >= 0.3 is 0 Å². The quantitative estimate of drug-likeness (QED) is 0.302. The molecule has 3 heteroatoms.